The largest absolute Gasteiger partial charge is 0.480 e. The van der Waals surface area contributed by atoms with Gasteiger partial charge in [0, 0.05) is 17.6 Å². The average molecular weight is 310 g/mol. The van der Waals surface area contributed by atoms with Crippen LogP contribution in [0.5, 0.6) is 0 Å². The van der Waals surface area contributed by atoms with Gasteiger partial charge >= 0.3 is 5.97 Å². The maximum atomic E-state index is 13.4. The smallest absolute Gasteiger partial charge is 0.328 e. The third-order valence-corrected chi connectivity index (χ3v) is 2.58. The van der Waals surface area contributed by atoms with E-state index in [4.69, 9.17) is 5.11 Å². The molecule has 1 unspecified atom stereocenters. The summed E-state index contributed by atoms with van der Waals surface area (Å²) in [6.45, 7) is -0.140. The minimum Gasteiger partial charge on any atom is -0.480 e. The zero-order valence-electron chi connectivity index (χ0n) is 8.84. The summed E-state index contributed by atoms with van der Waals surface area (Å²) in [7, 11) is 1.33. The van der Waals surface area contributed by atoms with Crippen LogP contribution in [0.2, 0.25) is 0 Å². The first-order valence-electron chi connectivity index (χ1n) is 4.58. The first kappa shape index (κ1) is 13.9. The summed E-state index contributed by atoms with van der Waals surface area (Å²) in [5.74, 6) is -2.82. The highest BCUT2D eigenvalue weighted by Crippen LogP contribution is 2.27. The van der Waals surface area contributed by atoms with Crippen molar-refractivity contribution in [3.05, 3.63) is 28.2 Å². The number of methoxy groups -OCH3 is 1. The molecule has 0 saturated carbocycles. The van der Waals surface area contributed by atoms with Gasteiger partial charge in [0.25, 0.3) is 0 Å². The monoisotopic (exact) mass is 309 g/mol. The normalized spacial score (nSPS) is 12.2. The quantitative estimate of drug-likeness (QED) is 0.876. The Bertz CT molecular complexity index is 405. The zero-order chi connectivity index (χ0) is 13.0. The van der Waals surface area contributed by atoms with Crippen molar-refractivity contribution in [2.45, 2.75) is 6.04 Å². The second-order valence-corrected chi connectivity index (χ2v) is 4.09. The number of ether oxygens (including phenoxy) is 1. The molecule has 1 atom stereocenters. The summed E-state index contributed by atoms with van der Waals surface area (Å²) in [5.41, 5.74) is -0.115. The fourth-order valence-electron chi connectivity index (χ4n) is 1.20. The fourth-order valence-corrected chi connectivity index (χ4v) is 1.72. The molecular weight excluding hydrogens is 300 g/mol. The highest BCUT2D eigenvalue weighted by Gasteiger charge is 2.20. The van der Waals surface area contributed by atoms with Crippen LogP contribution >= 0.6 is 15.9 Å². The zero-order valence-corrected chi connectivity index (χ0v) is 10.4. The molecule has 7 heteroatoms. The molecule has 2 N–H and O–H groups in total. The number of hydrogen-bond acceptors (Lipinski definition) is 3. The van der Waals surface area contributed by atoms with Gasteiger partial charge in [-0.05, 0) is 22.0 Å². The molecule has 0 aliphatic rings. The molecule has 0 radical (unpaired) electrons. The molecule has 0 spiro atoms. The Morgan fingerprint density at radius 3 is 2.71 bits per heavy atom. The Kier molecular flexibility index (Phi) is 4.83. The predicted molar refractivity (Wildman–Crippen MR) is 61.0 cm³/mol. The van der Waals surface area contributed by atoms with Crippen LogP contribution in [0.4, 0.5) is 14.5 Å². The number of hydrogen-bond donors (Lipinski definition) is 2. The molecule has 0 heterocycles. The van der Waals surface area contributed by atoms with Crippen LogP contribution in [-0.2, 0) is 9.53 Å². The molecule has 0 aliphatic carbocycles. The van der Waals surface area contributed by atoms with E-state index >= 15 is 0 Å². The van der Waals surface area contributed by atoms with Crippen molar-refractivity contribution in [2.75, 3.05) is 19.0 Å². The Morgan fingerprint density at radius 2 is 2.24 bits per heavy atom. The molecule has 1 aromatic rings. The highest BCUT2D eigenvalue weighted by atomic mass is 79.9. The first-order valence-corrected chi connectivity index (χ1v) is 5.37. The van der Waals surface area contributed by atoms with E-state index in [9.17, 15) is 13.6 Å². The third kappa shape index (κ3) is 3.64. The van der Waals surface area contributed by atoms with E-state index in [-0.39, 0.29) is 16.8 Å². The molecule has 0 fully saturated rings. The number of nitrogens with one attached hydrogen (secondary N) is 1. The van der Waals surface area contributed by atoms with Gasteiger partial charge in [0.05, 0.1) is 12.3 Å². The molecule has 0 aromatic heterocycles. The molecular formula is C10H10BrF2NO3. The maximum Gasteiger partial charge on any atom is 0.328 e. The lowest BCUT2D eigenvalue weighted by molar-refractivity contribution is -0.139. The Hall–Kier alpha value is -1.21. The minimum atomic E-state index is -1.19. The van der Waals surface area contributed by atoms with Gasteiger partial charge in [-0.15, -0.1) is 0 Å². The van der Waals surface area contributed by atoms with Gasteiger partial charge in [0.15, 0.2) is 0 Å². The summed E-state index contributed by atoms with van der Waals surface area (Å²) >= 11 is 2.95. The number of halogens is 3. The number of carbonyl (C=O) groups is 1. The molecule has 1 aromatic carbocycles. The van der Waals surface area contributed by atoms with Gasteiger partial charge in [-0.25, -0.2) is 13.6 Å². The van der Waals surface area contributed by atoms with Crippen molar-refractivity contribution in [1.29, 1.82) is 0 Å². The summed E-state index contributed by atoms with van der Waals surface area (Å²) in [6.07, 6.45) is 0. The van der Waals surface area contributed by atoms with Crippen LogP contribution in [0, 0.1) is 11.6 Å². The Labute approximate surface area is 105 Å². The molecule has 0 aliphatic heterocycles. The van der Waals surface area contributed by atoms with Crippen LogP contribution in [-0.4, -0.2) is 30.8 Å². The average Bonchev–Trinajstić information content (AvgIpc) is 2.21. The van der Waals surface area contributed by atoms with Crippen LogP contribution in [0.1, 0.15) is 0 Å². The molecule has 0 bridgehead atoms. The van der Waals surface area contributed by atoms with Crippen LogP contribution < -0.4 is 5.32 Å². The lowest BCUT2D eigenvalue weighted by Crippen LogP contribution is -2.34. The number of rotatable bonds is 5. The number of aliphatic carboxylic acids is 1. The van der Waals surface area contributed by atoms with Crippen LogP contribution in [0.3, 0.4) is 0 Å². The van der Waals surface area contributed by atoms with Crippen LogP contribution in [0.15, 0.2) is 16.6 Å². The van der Waals surface area contributed by atoms with Crippen molar-refractivity contribution in [3.8, 4) is 0 Å². The lowest BCUT2D eigenvalue weighted by Gasteiger charge is -2.16. The summed E-state index contributed by atoms with van der Waals surface area (Å²) in [6, 6.07) is 0.590. The number of carboxylic acid groups (broad SMARTS) is 1. The predicted octanol–water partition coefficient (Wildman–Crippen LogP) is 2.24. The SMILES string of the molecule is COCC(Nc1c(F)cc(F)cc1Br)C(=O)O. The molecule has 1 rings (SSSR count). The summed E-state index contributed by atoms with van der Waals surface area (Å²) < 4.78 is 31.0. The van der Waals surface area contributed by atoms with Crippen molar-refractivity contribution in [3.63, 3.8) is 0 Å². The van der Waals surface area contributed by atoms with E-state index in [1.165, 1.54) is 7.11 Å². The van der Waals surface area contributed by atoms with Crippen molar-refractivity contribution >= 4 is 27.6 Å². The van der Waals surface area contributed by atoms with Gasteiger partial charge < -0.3 is 15.2 Å². The lowest BCUT2D eigenvalue weighted by atomic mass is 10.2. The summed E-state index contributed by atoms with van der Waals surface area (Å²) in [4.78, 5) is 10.8. The first-order chi connectivity index (χ1) is 7.95. The molecule has 17 heavy (non-hydrogen) atoms. The van der Waals surface area contributed by atoms with Gasteiger partial charge in [0.2, 0.25) is 0 Å². The van der Waals surface area contributed by atoms with E-state index in [1.54, 1.807) is 0 Å². The summed E-state index contributed by atoms with van der Waals surface area (Å²) in [5, 5.41) is 11.3. The molecule has 0 saturated heterocycles. The Morgan fingerprint density at radius 1 is 1.59 bits per heavy atom. The van der Waals surface area contributed by atoms with E-state index in [0.717, 1.165) is 6.07 Å². The number of benzene rings is 1. The van der Waals surface area contributed by atoms with Crippen molar-refractivity contribution in [2.24, 2.45) is 0 Å². The van der Waals surface area contributed by atoms with Gasteiger partial charge in [0.1, 0.15) is 17.7 Å². The van der Waals surface area contributed by atoms with Crippen molar-refractivity contribution < 1.29 is 23.4 Å². The minimum absolute atomic E-state index is 0.109. The number of anilines is 1. The standard InChI is InChI=1S/C10H10BrF2NO3/c1-17-4-8(10(15)16)14-9-6(11)2-5(12)3-7(9)13/h2-3,8,14H,4H2,1H3,(H,15,16). The second kappa shape index (κ2) is 5.92. The van der Waals surface area contributed by atoms with E-state index in [1.807, 2.05) is 0 Å². The van der Waals surface area contributed by atoms with E-state index < -0.39 is 23.6 Å². The molecule has 4 nitrogen and oxygen atoms in total. The van der Waals surface area contributed by atoms with Gasteiger partial charge in [-0.1, -0.05) is 0 Å². The molecule has 94 valence electrons. The van der Waals surface area contributed by atoms with Gasteiger partial charge in [-0.3, -0.25) is 0 Å². The van der Waals surface area contributed by atoms with E-state index in [2.05, 4.69) is 26.0 Å². The second-order valence-electron chi connectivity index (χ2n) is 3.23. The van der Waals surface area contributed by atoms with Gasteiger partial charge in [-0.2, -0.15) is 0 Å². The van der Waals surface area contributed by atoms with E-state index in [0.29, 0.717) is 6.07 Å². The molecule has 0 amide bonds. The Balaban J connectivity index is 2.97. The van der Waals surface area contributed by atoms with Crippen LogP contribution in [0.25, 0.3) is 0 Å². The maximum absolute atomic E-state index is 13.4. The third-order valence-electron chi connectivity index (χ3n) is 1.96. The van der Waals surface area contributed by atoms with Crippen molar-refractivity contribution in [1.82, 2.24) is 0 Å². The number of carboxylic acids is 1. The fraction of sp³-hybridized carbons (Fsp3) is 0.300. The topological polar surface area (TPSA) is 58.6 Å². The highest BCUT2D eigenvalue weighted by molar-refractivity contribution is 9.10.